The van der Waals surface area contributed by atoms with E-state index in [2.05, 4.69) is 10.6 Å². The molecule has 29 heavy (non-hydrogen) atoms. The summed E-state index contributed by atoms with van der Waals surface area (Å²) in [6.07, 6.45) is 0.629. The summed E-state index contributed by atoms with van der Waals surface area (Å²) >= 11 is 12.0. The Bertz CT molecular complexity index is 962. The number of hydrogen-bond acceptors (Lipinski definition) is 4. The fraction of sp³-hybridized carbons (Fsp3) is 0.316. The van der Waals surface area contributed by atoms with Crippen molar-refractivity contribution in [2.45, 2.75) is 11.3 Å². The van der Waals surface area contributed by atoms with Crippen LogP contribution in [0.15, 0.2) is 47.4 Å². The molecule has 1 aliphatic heterocycles. The van der Waals surface area contributed by atoms with Crippen LogP contribution in [0, 0.1) is 0 Å². The third-order valence-corrected chi connectivity index (χ3v) is 6.88. The SMILES string of the molecule is O=C(NCCc1ccc(Cl)cc1)Nc1cc(S(=O)(=O)N2CCOCC2)ccc1Cl. The molecule has 10 heteroatoms. The van der Waals surface area contributed by atoms with Crippen LogP contribution in [0.25, 0.3) is 0 Å². The second-order valence-corrected chi connectivity index (χ2v) is 9.20. The van der Waals surface area contributed by atoms with Gasteiger partial charge in [0.15, 0.2) is 0 Å². The normalized spacial score (nSPS) is 15.1. The van der Waals surface area contributed by atoms with Gasteiger partial charge in [0.1, 0.15) is 0 Å². The molecule has 0 saturated carbocycles. The molecule has 0 unspecified atom stereocenters. The number of sulfonamides is 1. The van der Waals surface area contributed by atoms with Gasteiger partial charge in [-0.15, -0.1) is 0 Å². The average Bonchev–Trinajstić information content (AvgIpc) is 2.71. The number of carbonyl (C=O) groups is 1. The number of nitrogens with zero attached hydrogens (tertiary/aromatic N) is 1. The molecule has 0 bridgehead atoms. The minimum absolute atomic E-state index is 0.0697. The van der Waals surface area contributed by atoms with Crippen LogP contribution in [0.5, 0.6) is 0 Å². The van der Waals surface area contributed by atoms with Gasteiger partial charge in [-0.1, -0.05) is 35.3 Å². The number of carbonyl (C=O) groups excluding carboxylic acids is 1. The molecule has 0 spiro atoms. The second-order valence-electron chi connectivity index (χ2n) is 6.42. The van der Waals surface area contributed by atoms with E-state index in [4.69, 9.17) is 27.9 Å². The molecule has 2 amide bonds. The Morgan fingerprint density at radius 1 is 1.07 bits per heavy atom. The molecular formula is C19H21Cl2N3O4S. The highest BCUT2D eigenvalue weighted by atomic mass is 35.5. The molecule has 2 N–H and O–H groups in total. The number of ether oxygens (including phenoxy) is 1. The minimum atomic E-state index is -3.68. The van der Waals surface area contributed by atoms with Gasteiger partial charge in [0.05, 0.1) is 28.8 Å². The van der Waals surface area contributed by atoms with E-state index in [0.29, 0.717) is 44.3 Å². The van der Waals surface area contributed by atoms with Crippen LogP contribution in [0.1, 0.15) is 5.56 Å². The predicted molar refractivity (Wildman–Crippen MR) is 113 cm³/mol. The lowest BCUT2D eigenvalue weighted by atomic mass is 10.1. The van der Waals surface area contributed by atoms with Crippen molar-refractivity contribution in [2.24, 2.45) is 0 Å². The molecule has 3 rings (SSSR count). The zero-order valence-corrected chi connectivity index (χ0v) is 17.9. The van der Waals surface area contributed by atoms with Gasteiger partial charge < -0.3 is 15.4 Å². The molecule has 1 fully saturated rings. The number of nitrogens with one attached hydrogen (secondary N) is 2. The zero-order valence-electron chi connectivity index (χ0n) is 15.5. The van der Waals surface area contributed by atoms with Crippen molar-refractivity contribution in [3.8, 4) is 0 Å². The van der Waals surface area contributed by atoms with E-state index in [-0.39, 0.29) is 15.6 Å². The number of amides is 2. The number of rotatable bonds is 6. The van der Waals surface area contributed by atoms with Gasteiger partial charge in [-0.3, -0.25) is 0 Å². The molecule has 156 valence electrons. The van der Waals surface area contributed by atoms with E-state index in [1.54, 1.807) is 12.1 Å². The van der Waals surface area contributed by atoms with Gasteiger partial charge in [0.2, 0.25) is 10.0 Å². The van der Waals surface area contributed by atoms with E-state index in [0.717, 1.165) is 5.56 Å². The van der Waals surface area contributed by atoms with Crippen LogP contribution < -0.4 is 10.6 Å². The molecule has 0 atom stereocenters. The van der Waals surface area contributed by atoms with Gasteiger partial charge in [-0.05, 0) is 42.3 Å². The Morgan fingerprint density at radius 2 is 1.76 bits per heavy atom. The average molecular weight is 458 g/mol. The summed E-state index contributed by atoms with van der Waals surface area (Å²) in [5.74, 6) is 0. The van der Waals surface area contributed by atoms with Crippen LogP contribution in [-0.2, 0) is 21.2 Å². The first-order valence-electron chi connectivity index (χ1n) is 9.03. The van der Waals surface area contributed by atoms with Gasteiger partial charge in [-0.25, -0.2) is 13.2 Å². The van der Waals surface area contributed by atoms with E-state index in [1.807, 2.05) is 12.1 Å². The minimum Gasteiger partial charge on any atom is -0.379 e. The maximum atomic E-state index is 12.8. The number of morpholine rings is 1. The van der Waals surface area contributed by atoms with E-state index < -0.39 is 16.1 Å². The first kappa shape index (κ1) is 21.9. The lowest BCUT2D eigenvalue weighted by molar-refractivity contribution is 0.0730. The van der Waals surface area contributed by atoms with Crippen molar-refractivity contribution >= 4 is 44.9 Å². The molecule has 2 aromatic rings. The van der Waals surface area contributed by atoms with Crippen LogP contribution in [-0.4, -0.2) is 51.6 Å². The summed E-state index contributed by atoms with van der Waals surface area (Å²) in [5.41, 5.74) is 1.26. The van der Waals surface area contributed by atoms with Gasteiger partial charge in [0, 0.05) is 24.7 Å². The lowest BCUT2D eigenvalue weighted by Crippen LogP contribution is -2.40. The largest absolute Gasteiger partial charge is 0.379 e. The van der Waals surface area contributed by atoms with Crippen molar-refractivity contribution in [3.63, 3.8) is 0 Å². The Labute approximate surface area is 180 Å². The van der Waals surface area contributed by atoms with E-state index >= 15 is 0 Å². The molecule has 7 nitrogen and oxygen atoms in total. The number of hydrogen-bond donors (Lipinski definition) is 2. The maximum Gasteiger partial charge on any atom is 0.319 e. The van der Waals surface area contributed by atoms with Crippen molar-refractivity contribution in [1.82, 2.24) is 9.62 Å². The van der Waals surface area contributed by atoms with Gasteiger partial charge in [-0.2, -0.15) is 4.31 Å². The van der Waals surface area contributed by atoms with Crippen molar-refractivity contribution in [1.29, 1.82) is 0 Å². The van der Waals surface area contributed by atoms with Crippen LogP contribution in [0.2, 0.25) is 10.0 Å². The van der Waals surface area contributed by atoms with Crippen molar-refractivity contribution in [3.05, 3.63) is 58.1 Å². The summed E-state index contributed by atoms with van der Waals surface area (Å²) in [6.45, 7) is 1.69. The number of anilines is 1. The Balaban J connectivity index is 1.61. The monoisotopic (exact) mass is 457 g/mol. The molecule has 1 aliphatic rings. The summed E-state index contributed by atoms with van der Waals surface area (Å²) in [6, 6.07) is 11.1. The summed E-state index contributed by atoms with van der Waals surface area (Å²) in [5, 5.41) is 6.24. The maximum absolute atomic E-state index is 12.8. The van der Waals surface area contributed by atoms with E-state index in [1.165, 1.54) is 22.5 Å². The zero-order chi connectivity index (χ0) is 20.9. The van der Waals surface area contributed by atoms with Crippen LogP contribution in [0.3, 0.4) is 0 Å². The molecule has 1 heterocycles. The number of halogens is 2. The Morgan fingerprint density at radius 3 is 2.45 bits per heavy atom. The van der Waals surface area contributed by atoms with Gasteiger partial charge in [0.25, 0.3) is 0 Å². The number of benzene rings is 2. The summed E-state index contributed by atoms with van der Waals surface area (Å²) in [7, 11) is -3.68. The highest BCUT2D eigenvalue weighted by Crippen LogP contribution is 2.27. The smallest absolute Gasteiger partial charge is 0.319 e. The van der Waals surface area contributed by atoms with Crippen LogP contribution in [0.4, 0.5) is 10.5 Å². The standard InChI is InChI=1S/C19H21Cl2N3O4S/c20-15-3-1-14(2-4-15)7-8-22-19(25)23-18-13-16(5-6-17(18)21)29(26,27)24-9-11-28-12-10-24/h1-6,13H,7-12H2,(H2,22,23,25). The van der Waals surface area contributed by atoms with Crippen LogP contribution >= 0.6 is 23.2 Å². The third kappa shape index (κ3) is 5.83. The molecule has 0 aromatic heterocycles. The van der Waals surface area contributed by atoms with Gasteiger partial charge >= 0.3 is 6.03 Å². The van der Waals surface area contributed by atoms with Crippen molar-refractivity contribution in [2.75, 3.05) is 38.2 Å². The highest BCUT2D eigenvalue weighted by Gasteiger charge is 2.27. The molecule has 0 radical (unpaired) electrons. The molecule has 0 aliphatic carbocycles. The number of urea groups is 1. The summed E-state index contributed by atoms with van der Waals surface area (Å²) < 4.78 is 32.1. The summed E-state index contributed by atoms with van der Waals surface area (Å²) in [4.78, 5) is 12.3. The third-order valence-electron chi connectivity index (χ3n) is 4.41. The first-order chi connectivity index (χ1) is 13.9. The molecular weight excluding hydrogens is 437 g/mol. The van der Waals surface area contributed by atoms with E-state index in [9.17, 15) is 13.2 Å². The second kappa shape index (κ2) is 9.77. The predicted octanol–water partition coefficient (Wildman–Crippen LogP) is 3.38. The Kier molecular flexibility index (Phi) is 7.37. The topological polar surface area (TPSA) is 87.7 Å². The molecule has 2 aromatic carbocycles. The fourth-order valence-corrected chi connectivity index (χ4v) is 4.56. The first-order valence-corrected chi connectivity index (χ1v) is 11.2. The fourth-order valence-electron chi connectivity index (χ4n) is 2.83. The Hall–Kier alpha value is -1.84. The highest BCUT2D eigenvalue weighted by molar-refractivity contribution is 7.89. The van der Waals surface area contributed by atoms with Crippen molar-refractivity contribution < 1.29 is 17.9 Å². The molecule has 1 saturated heterocycles. The lowest BCUT2D eigenvalue weighted by Gasteiger charge is -2.26. The quantitative estimate of drug-likeness (QED) is 0.695.